The Balaban J connectivity index is 2.37. The monoisotopic (exact) mass is 213 g/mol. The maximum atomic E-state index is 11.2. The molecule has 1 aromatic rings. The Labute approximate surface area is 85.3 Å². The minimum atomic E-state index is -0.785. The summed E-state index contributed by atoms with van der Waals surface area (Å²) in [6, 6.07) is 0. The first-order valence-corrected chi connectivity index (χ1v) is 5.14. The van der Waals surface area contributed by atoms with E-state index >= 15 is 0 Å². The predicted octanol–water partition coefficient (Wildman–Crippen LogP) is 1.10. The highest BCUT2D eigenvalue weighted by molar-refractivity contribution is 7.12. The Morgan fingerprint density at radius 2 is 2.36 bits per heavy atom. The molecule has 1 aromatic heterocycles. The molecular weight excluding hydrogens is 202 g/mol. The number of nitrogens with two attached hydrogens (primary N) is 1. The zero-order valence-corrected chi connectivity index (χ0v) is 8.56. The molecule has 2 rings (SSSR count). The highest BCUT2D eigenvalue weighted by Crippen LogP contribution is 2.49. The second-order valence-corrected chi connectivity index (χ2v) is 4.29. The zero-order valence-electron chi connectivity index (χ0n) is 7.74. The first-order chi connectivity index (χ1) is 6.58. The van der Waals surface area contributed by atoms with Crippen molar-refractivity contribution < 1.29 is 14.6 Å². The van der Waals surface area contributed by atoms with E-state index in [0.717, 1.165) is 0 Å². The minimum absolute atomic E-state index is 0.363. The molecule has 1 heterocycles. The van der Waals surface area contributed by atoms with E-state index in [2.05, 4.69) is 4.74 Å². The average Bonchev–Trinajstić information content (AvgIpc) is 2.77. The summed E-state index contributed by atoms with van der Waals surface area (Å²) in [4.78, 5) is 11.6. The highest BCUT2D eigenvalue weighted by Gasteiger charge is 2.45. The fourth-order valence-corrected chi connectivity index (χ4v) is 2.36. The lowest BCUT2D eigenvalue weighted by atomic mass is 10.1. The summed E-state index contributed by atoms with van der Waals surface area (Å²) in [6.07, 6.45) is 1.43. The van der Waals surface area contributed by atoms with Crippen molar-refractivity contribution in [3.05, 3.63) is 15.8 Å². The summed E-state index contributed by atoms with van der Waals surface area (Å²) in [5, 5.41) is 11.6. The van der Waals surface area contributed by atoms with Gasteiger partial charge in [0.1, 0.15) is 4.88 Å². The predicted molar refractivity (Wildman–Crippen MR) is 53.2 cm³/mol. The van der Waals surface area contributed by atoms with Crippen molar-refractivity contribution in [2.45, 2.75) is 18.4 Å². The standard InChI is InChI=1S/C9H11NO3S/c1-13-8(11)7-6(10)5(4-14-7)9(12)2-3-9/h4,12H,2-3,10H2,1H3. The van der Waals surface area contributed by atoms with Crippen molar-refractivity contribution in [2.75, 3.05) is 12.8 Å². The van der Waals surface area contributed by atoms with E-state index < -0.39 is 11.6 Å². The number of hydrogen-bond donors (Lipinski definition) is 2. The summed E-state index contributed by atoms with van der Waals surface area (Å²) >= 11 is 1.22. The first-order valence-electron chi connectivity index (χ1n) is 4.26. The minimum Gasteiger partial charge on any atom is -0.465 e. The van der Waals surface area contributed by atoms with Gasteiger partial charge in [-0.3, -0.25) is 0 Å². The van der Waals surface area contributed by atoms with Crippen molar-refractivity contribution in [3.63, 3.8) is 0 Å². The Kier molecular flexibility index (Phi) is 2.01. The topological polar surface area (TPSA) is 72.5 Å². The van der Waals surface area contributed by atoms with E-state index in [-0.39, 0.29) is 0 Å². The van der Waals surface area contributed by atoms with Crippen LogP contribution in [-0.4, -0.2) is 18.2 Å². The van der Waals surface area contributed by atoms with Crippen LogP contribution in [0.5, 0.6) is 0 Å². The second kappa shape index (κ2) is 2.96. The highest BCUT2D eigenvalue weighted by atomic mass is 32.1. The molecule has 76 valence electrons. The molecule has 5 heteroatoms. The zero-order chi connectivity index (χ0) is 10.3. The van der Waals surface area contributed by atoms with Gasteiger partial charge < -0.3 is 15.6 Å². The van der Waals surface area contributed by atoms with Gasteiger partial charge in [0.15, 0.2) is 0 Å². The molecule has 0 aliphatic heterocycles. The number of carbonyl (C=O) groups excluding carboxylic acids is 1. The molecule has 3 N–H and O–H groups in total. The van der Waals surface area contributed by atoms with Gasteiger partial charge in [-0.05, 0) is 18.2 Å². The second-order valence-electron chi connectivity index (χ2n) is 3.42. The molecule has 0 aromatic carbocycles. The molecule has 14 heavy (non-hydrogen) atoms. The Hall–Kier alpha value is -1.07. The number of rotatable bonds is 2. The van der Waals surface area contributed by atoms with Crippen LogP contribution in [0.4, 0.5) is 5.69 Å². The number of ether oxygens (including phenoxy) is 1. The fraction of sp³-hybridized carbons (Fsp3) is 0.444. The van der Waals surface area contributed by atoms with Crippen LogP contribution in [0.25, 0.3) is 0 Å². The Morgan fingerprint density at radius 1 is 1.71 bits per heavy atom. The molecule has 0 atom stereocenters. The van der Waals surface area contributed by atoms with E-state index in [1.54, 1.807) is 5.38 Å². The van der Waals surface area contributed by atoms with E-state index in [0.29, 0.717) is 29.0 Å². The molecule has 0 unspecified atom stereocenters. The van der Waals surface area contributed by atoms with E-state index in [4.69, 9.17) is 5.73 Å². The SMILES string of the molecule is COC(=O)c1scc(C2(O)CC2)c1N. The van der Waals surface area contributed by atoms with Crippen molar-refractivity contribution in [1.29, 1.82) is 0 Å². The molecule has 0 amide bonds. The molecular formula is C9H11NO3S. The summed E-state index contributed by atoms with van der Waals surface area (Å²) in [5.74, 6) is -0.442. The molecule has 1 saturated carbocycles. The maximum Gasteiger partial charge on any atom is 0.350 e. The van der Waals surface area contributed by atoms with E-state index in [1.807, 2.05) is 0 Å². The van der Waals surface area contributed by atoms with Gasteiger partial charge >= 0.3 is 5.97 Å². The summed E-state index contributed by atoms with van der Waals surface area (Å²) in [7, 11) is 1.31. The van der Waals surface area contributed by atoms with Crippen molar-refractivity contribution in [1.82, 2.24) is 0 Å². The average molecular weight is 213 g/mol. The number of aliphatic hydroxyl groups is 1. The lowest BCUT2D eigenvalue weighted by molar-refractivity contribution is 0.0607. The van der Waals surface area contributed by atoms with Crippen LogP contribution in [0, 0.1) is 0 Å². The summed E-state index contributed by atoms with van der Waals surface area (Å²) in [6.45, 7) is 0. The molecule has 1 fully saturated rings. The molecule has 0 bridgehead atoms. The maximum absolute atomic E-state index is 11.2. The molecule has 0 spiro atoms. The summed E-state index contributed by atoms with van der Waals surface area (Å²) < 4.78 is 4.57. The van der Waals surface area contributed by atoms with Crippen LogP contribution < -0.4 is 5.73 Å². The molecule has 1 aliphatic carbocycles. The first kappa shape index (κ1) is 9.48. The molecule has 1 aliphatic rings. The number of esters is 1. The van der Waals surface area contributed by atoms with Gasteiger partial charge in [-0.25, -0.2) is 4.79 Å². The summed E-state index contributed by atoms with van der Waals surface area (Å²) in [5.41, 5.74) is 6.00. The third-order valence-electron chi connectivity index (χ3n) is 2.43. The lowest BCUT2D eigenvalue weighted by Crippen LogP contribution is -2.08. The van der Waals surface area contributed by atoms with Crippen molar-refractivity contribution >= 4 is 23.0 Å². The Morgan fingerprint density at radius 3 is 2.86 bits per heavy atom. The largest absolute Gasteiger partial charge is 0.465 e. The smallest absolute Gasteiger partial charge is 0.350 e. The van der Waals surface area contributed by atoms with E-state index in [1.165, 1.54) is 18.4 Å². The third-order valence-corrected chi connectivity index (χ3v) is 3.40. The number of anilines is 1. The van der Waals surface area contributed by atoms with Gasteiger partial charge in [0.05, 0.1) is 18.4 Å². The third kappa shape index (κ3) is 1.29. The molecule has 0 radical (unpaired) electrons. The number of carbonyl (C=O) groups is 1. The molecule has 0 saturated heterocycles. The quantitative estimate of drug-likeness (QED) is 0.721. The number of nitrogen functional groups attached to an aromatic ring is 1. The molecule has 4 nitrogen and oxygen atoms in total. The van der Waals surface area contributed by atoms with Crippen LogP contribution in [0.1, 0.15) is 28.1 Å². The van der Waals surface area contributed by atoms with Crippen LogP contribution in [-0.2, 0) is 10.3 Å². The van der Waals surface area contributed by atoms with Crippen LogP contribution in [0.2, 0.25) is 0 Å². The van der Waals surface area contributed by atoms with Gasteiger partial charge in [-0.2, -0.15) is 0 Å². The van der Waals surface area contributed by atoms with Gasteiger partial charge in [-0.15, -0.1) is 11.3 Å². The van der Waals surface area contributed by atoms with Crippen molar-refractivity contribution in [3.8, 4) is 0 Å². The van der Waals surface area contributed by atoms with Crippen molar-refractivity contribution in [2.24, 2.45) is 0 Å². The van der Waals surface area contributed by atoms with Gasteiger partial charge in [-0.1, -0.05) is 0 Å². The van der Waals surface area contributed by atoms with Gasteiger partial charge in [0.2, 0.25) is 0 Å². The van der Waals surface area contributed by atoms with Crippen LogP contribution >= 0.6 is 11.3 Å². The fourth-order valence-electron chi connectivity index (χ4n) is 1.37. The van der Waals surface area contributed by atoms with Crippen LogP contribution in [0.3, 0.4) is 0 Å². The van der Waals surface area contributed by atoms with E-state index in [9.17, 15) is 9.90 Å². The number of thiophene rings is 1. The normalized spacial score (nSPS) is 17.9. The van der Waals surface area contributed by atoms with Gasteiger partial charge in [0.25, 0.3) is 0 Å². The van der Waals surface area contributed by atoms with Gasteiger partial charge in [0, 0.05) is 5.56 Å². The number of methoxy groups -OCH3 is 1. The van der Waals surface area contributed by atoms with Crippen LogP contribution in [0.15, 0.2) is 5.38 Å². The Bertz CT molecular complexity index is 381. The lowest BCUT2D eigenvalue weighted by Gasteiger charge is -2.06. The number of hydrogen-bond acceptors (Lipinski definition) is 5.